The lowest BCUT2D eigenvalue weighted by Crippen LogP contribution is -2.36. The van der Waals surface area contributed by atoms with Crippen molar-refractivity contribution >= 4 is 11.6 Å². The Morgan fingerprint density at radius 3 is 2.52 bits per heavy atom. The number of alkyl halides is 3. The topological polar surface area (TPSA) is 50.3 Å². The van der Waals surface area contributed by atoms with Crippen molar-refractivity contribution in [2.45, 2.75) is 32.5 Å². The minimum absolute atomic E-state index is 0.0424. The minimum Gasteiger partial charge on any atom is -0.383 e. The zero-order chi connectivity index (χ0) is 16.0. The summed E-state index contributed by atoms with van der Waals surface area (Å²) in [5.41, 5.74) is 0. The highest BCUT2D eigenvalue weighted by molar-refractivity contribution is 5.50. The normalized spacial score (nSPS) is 13.1. The van der Waals surface area contributed by atoms with Crippen LogP contribution < -0.4 is 10.2 Å². The molecule has 0 spiro atoms. The molecule has 0 aromatic carbocycles. The Balaban J connectivity index is 3.22. The molecule has 1 unspecified atom stereocenters. The van der Waals surface area contributed by atoms with E-state index in [1.165, 1.54) is 13.1 Å². The van der Waals surface area contributed by atoms with Crippen molar-refractivity contribution in [1.82, 2.24) is 9.97 Å². The Morgan fingerprint density at radius 2 is 2.05 bits per heavy atom. The van der Waals surface area contributed by atoms with E-state index in [1.54, 1.807) is 12.0 Å². The van der Waals surface area contributed by atoms with Crippen LogP contribution in [0.3, 0.4) is 0 Å². The summed E-state index contributed by atoms with van der Waals surface area (Å²) in [6.45, 7) is 4.77. The molecule has 1 atom stereocenters. The molecule has 0 aliphatic carbocycles. The number of ether oxygens (including phenoxy) is 1. The third kappa shape index (κ3) is 4.73. The fraction of sp³-hybridized carbons (Fsp3) is 0.692. The second kappa shape index (κ2) is 7.44. The molecule has 0 bridgehead atoms. The van der Waals surface area contributed by atoms with Crippen LogP contribution in [0.4, 0.5) is 24.8 Å². The largest absolute Gasteiger partial charge is 0.451 e. The molecule has 1 aromatic rings. The van der Waals surface area contributed by atoms with Gasteiger partial charge in [0, 0.05) is 32.8 Å². The number of halogens is 3. The number of rotatable bonds is 7. The lowest BCUT2D eigenvalue weighted by molar-refractivity contribution is -0.144. The average Bonchev–Trinajstić information content (AvgIpc) is 2.46. The number of methoxy groups -OCH3 is 1. The van der Waals surface area contributed by atoms with Gasteiger partial charge in [-0.25, -0.2) is 9.97 Å². The standard InChI is InChI=1S/C13H21F3N4O/c1-5-9(2)20(6-7-21-4)11-8-10(17-3)18-12(19-11)13(14,15)16/h8-9H,5-7H2,1-4H3,(H,17,18,19). The van der Waals surface area contributed by atoms with Crippen LogP contribution in [0.2, 0.25) is 0 Å². The van der Waals surface area contributed by atoms with Gasteiger partial charge in [0.25, 0.3) is 0 Å². The Bertz CT molecular complexity index is 454. The summed E-state index contributed by atoms with van der Waals surface area (Å²) in [6, 6.07) is 1.55. The van der Waals surface area contributed by atoms with Crippen LogP contribution in [0.5, 0.6) is 0 Å². The lowest BCUT2D eigenvalue weighted by atomic mass is 10.2. The molecule has 0 fully saturated rings. The van der Waals surface area contributed by atoms with E-state index in [4.69, 9.17) is 4.74 Å². The van der Waals surface area contributed by atoms with Gasteiger partial charge in [-0.05, 0) is 13.3 Å². The molecule has 0 radical (unpaired) electrons. The molecule has 0 saturated heterocycles. The number of hydrogen-bond acceptors (Lipinski definition) is 5. The third-order valence-electron chi connectivity index (χ3n) is 3.18. The molecule has 0 saturated carbocycles. The SMILES string of the molecule is CCC(C)N(CCOC)c1cc(NC)nc(C(F)(F)F)n1. The molecule has 0 aliphatic heterocycles. The maximum absolute atomic E-state index is 12.9. The van der Waals surface area contributed by atoms with Gasteiger partial charge in [0.15, 0.2) is 0 Å². The Labute approximate surface area is 122 Å². The second-order valence-corrected chi connectivity index (χ2v) is 4.63. The van der Waals surface area contributed by atoms with Gasteiger partial charge in [0.2, 0.25) is 5.82 Å². The third-order valence-corrected chi connectivity index (χ3v) is 3.18. The first-order valence-electron chi connectivity index (χ1n) is 6.73. The highest BCUT2D eigenvalue weighted by atomic mass is 19.4. The molecule has 1 N–H and O–H groups in total. The maximum Gasteiger partial charge on any atom is 0.451 e. The van der Waals surface area contributed by atoms with Crippen LogP contribution in [-0.4, -0.2) is 43.3 Å². The monoisotopic (exact) mass is 306 g/mol. The quantitative estimate of drug-likeness (QED) is 0.839. The van der Waals surface area contributed by atoms with E-state index < -0.39 is 12.0 Å². The van der Waals surface area contributed by atoms with E-state index in [0.29, 0.717) is 13.2 Å². The Kier molecular flexibility index (Phi) is 6.19. The maximum atomic E-state index is 12.9. The Hall–Kier alpha value is -1.57. The molecule has 5 nitrogen and oxygen atoms in total. The molecule has 1 rings (SSSR count). The first kappa shape index (κ1) is 17.5. The van der Waals surface area contributed by atoms with Crippen LogP contribution in [0.15, 0.2) is 6.07 Å². The number of aromatic nitrogens is 2. The van der Waals surface area contributed by atoms with Gasteiger partial charge < -0.3 is 15.0 Å². The zero-order valence-electron chi connectivity index (χ0n) is 12.7. The Morgan fingerprint density at radius 1 is 1.38 bits per heavy atom. The summed E-state index contributed by atoms with van der Waals surface area (Å²) in [6.07, 6.45) is -3.80. The molecule has 0 aliphatic rings. The molecule has 120 valence electrons. The summed E-state index contributed by atoms with van der Waals surface area (Å²) in [5, 5.41) is 2.64. The van der Waals surface area contributed by atoms with Crippen LogP contribution in [0.25, 0.3) is 0 Å². The van der Waals surface area contributed by atoms with Crippen LogP contribution in [0, 0.1) is 0 Å². The van der Waals surface area contributed by atoms with Gasteiger partial charge in [-0.2, -0.15) is 13.2 Å². The van der Waals surface area contributed by atoms with Crippen LogP contribution >= 0.6 is 0 Å². The molecule has 8 heteroatoms. The van der Waals surface area contributed by atoms with Crippen molar-refractivity contribution in [1.29, 1.82) is 0 Å². The molecule has 1 heterocycles. The fourth-order valence-electron chi connectivity index (χ4n) is 1.81. The van der Waals surface area contributed by atoms with Crippen LogP contribution in [0.1, 0.15) is 26.1 Å². The summed E-state index contributed by atoms with van der Waals surface area (Å²) in [5.74, 6) is -0.763. The number of anilines is 2. The zero-order valence-corrected chi connectivity index (χ0v) is 12.7. The van der Waals surface area contributed by atoms with Gasteiger partial charge in [-0.1, -0.05) is 6.92 Å². The van der Waals surface area contributed by atoms with E-state index in [-0.39, 0.29) is 17.7 Å². The molecule has 1 aromatic heterocycles. The average molecular weight is 306 g/mol. The number of hydrogen-bond donors (Lipinski definition) is 1. The highest BCUT2D eigenvalue weighted by Crippen LogP contribution is 2.29. The first-order chi connectivity index (χ1) is 9.83. The molecule has 21 heavy (non-hydrogen) atoms. The second-order valence-electron chi connectivity index (χ2n) is 4.63. The summed E-state index contributed by atoms with van der Waals surface area (Å²) < 4.78 is 43.7. The van der Waals surface area contributed by atoms with Gasteiger partial charge in [0.1, 0.15) is 11.6 Å². The molecule has 0 amide bonds. The smallest absolute Gasteiger partial charge is 0.383 e. The fourth-order valence-corrected chi connectivity index (χ4v) is 1.81. The predicted molar refractivity (Wildman–Crippen MR) is 75.6 cm³/mol. The summed E-state index contributed by atoms with van der Waals surface area (Å²) in [4.78, 5) is 8.93. The van der Waals surface area contributed by atoms with Gasteiger partial charge in [0.05, 0.1) is 6.61 Å². The van der Waals surface area contributed by atoms with Gasteiger partial charge in [-0.15, -0.1) is 0 Å². The summed E-state index contributed by atoms with van der Waals surface area (Å²) in [7, 11) is 3.07. The van der Waals surface area contributed by atoms with Gasteiger partial charge in [-0.3, -0.25) is 0 Å². The van der Waals surface area contributed by atoms with Crippen LogP contribution in [-0.2, 0) is 10.9 Å². The van der Waals surface area contributed by atoms with E-state index in [0.717, 1.165) is 6.42 Å². The minimum atomic E-state index is -4.58. The number of nitrogens with one attached hydrogen (secondary N) is 1. The van der Waals surface area contributed by atoms with Crippen molar-refractivity contribution < 1.29 is 17.9 Å². The molecular formula is C13H21F3N4O. The predicted octanol–water partition coefficient (Wildman–Crippen LogP) is 2.79. The summed E-state index contributed by atoms with van der Waals surface area (Å²) >= 11 is 0. The van der Waals surface area contributed by atoms with E-state index in [9.17, 15) is 13.2 Å². The van der Waals surface area contributed by atoms with Crippen molar-refractivity contribution in [3.05, 3.63) is 11.9 Å². The highest BCUT2D eigenvalue weighted by Gasteiger charge is 2.36. The lowest BCUT2D eigenvalue weighted by Gasteiger charge is -2.30. The van der Waals surface area contributed by atoms with Gasteiger partial charge >= 0.3 is 6.18 Å². The first-order valence-corrected chi connectivity index (χ1v) is 6.73. The van der Waals surface area contributed by atoms with Crippen molar-refractivity contribution in [3.63, 3.8) is 0 Å². The number of nitrogens with zero attached hydrogens (tertiary/aromatic N) is 3. The van der Waals surface area contributed by atoms with Crippen molar-refractivity contribution in [2.24, 2.45) is 0 Å². The van der Waals surface area contributed by atoms with E-state index in [2.05, 4.69) is 15.3 Å². The van der Waals surface area contributed by atoms with E-state index in [1.807, 2.05) is 13.8 Å². The van der Waals surface area contributed by atoms with Crippen molar-refractivity contribution in [2.75, 3.05) is 37.5 Å². The van der Waals surface area contributed by atoms with E-state index >= 15 is 0 Å². The van der Waals surface area contributed by atoms with Crippen molar-refractivity contribution in [3.8, 4) is 0 Å². The molecular weight excluding hydrogens is 285 g/mol.